The van der Waals surface area contributed by atoms with Crippen LogP contribution in [0.15, 0.2) is 58.6 Å². The van der Waals surface area contributed by atoms with Crippen LogP contribution in [0.3, 0.4) is 0 Å². The average molecular weight is 468 g/mol. The van der Waals surface area contributed by atoms with Crippen molar-refractivity contribution in [2.45, 2.75) is 20.0 Å². The van der Waals surface area contributed by atoms with Crippen LogP contribution in [-0.2, 0) is 13.1 Å². The summed E-state index contributed by atoms with van der Waals surface area (Å²) < 4.78 is 1.75. The number of hydrogen-bond donors (Lipinski definition) is 2. The highest BCUT2D eigenvalue weighted by molar-refractivity contribution is 14.0. The maximum atomic E-state index is 4.61. The van der Waals surface area contributed by atoms with Gasteiger partial charge in [0.2, 0.25) is 0 Å². The molecule has 0 unspecified atom stereocenters. The van der Waals surface area contributed by atoms with Crippen molar-refractivity contribution in [3.05, 3.63) is 64.7 Å². The van der Waals surface area contributed by atoms with E-state index in [1.165, 1.54) is 5.56 Å². The molecular formula is C17H21IN6S. The van der Waals surface area contributed by atoms with Gasteiger partial charge >= 0.3 is 0 Å². The van der Waals surface area contributed by atoms with Crippen LogP contribution in [0, 0.1) is 0 Å². The molecule has 0 atom stereocenters. The highest BCUT2D eigenvalue weighted by Crippen LogP contribution is 2.08. The zero-order chi connectivity index (χ0) is 16.6. The Balaban J connectivity index is 0.00000225. The highest BCUT2D eigenvalue weighted by Gasteiger charge is 2.02. The fourth-order valence-electron chi connectivity index (χ4n) is 2.18. The van der Waals surface area contributed by atoms with Gasteiger partial charge in [0.25, 0.3) is 0 Å². The van der Waals surface area contributed by atoms with Crippen molar-refractivity contribution in [3.63, 3.8) is 0 Å². The molecule has 0 amide bonds. The number of aromatic nitrogens is 3. The van der Waals surface area contributed by atoms with Crippen LogP contribution < -0.4 is 10.6 Å². The van der Waals surface area contributed by atoms with E-state index >= 15 is 0 Å². The molecule has 0 fully saturated rings. The molecule has 0 radical (unpaired) electrons. The van der Waals surface area contributed by atoms with Crippen LogP contribution >= 0.6 is 35.3 Å². The van der Waals surface area contributed by atoms with Crippen LogP contribution in [0.1, 0.15) is 18.1 Å². The molecule has 6 nitrogen and oxygen atoms in total. The van der Waals surface area contributed by atoms with Crippen LogP contribution in [0.2, 0.25) is 0 Å². The molecular weight excluding hydrogens is 447 g/mol. The van der Waals surface area contributed by atoms with Gasteiger partial charge in [-0.15, -0.1) is 24.0 Å². The summed E-state index contributed by atoms with van der Waals surface area (Å²) in [5, 5.41) is 15.0. The van der Waals surface area contributed by atoms with E-state index in [2.05, 4.69) is 49.5 Å². The number of thiophene rings is 1. The van der Waals surface area contributed by atoms with Gasteiger partial charge in [-0.1, -0.05) is 0 Å². The van der Waals surface area contributed by atoms with E-state index in [0.29, 0.717) is 13.1 Å². The summed E-state index contributed by atoms with van der Waals surface area (Å²) in [6.45, 7) is 4.23. The molecule has 0 aromatic carbocycles. The van der Waals surface area contributed by atoms with E-state index in [-0.39, 0.29) is 24.0 Å². The molecule has 3 heterocycles. The number of pyridine rings is 1. The van der Waals surface area contributed by atoms with Crippen LogP contribution in [0.25, 0.3) is 5.82 Å². The van der Waals surface area contributed by atoms with Crippen LogP contribution in [0.5, 0.6) is 0 Å². The van der Waals surface area contributed by atoms with E-state index in [9.17, 15) is 0 Å². The van der Waals surface area contributed by atoms with Gasteiger partial charge in [-0.3, -0.25) is 0 Å². The summed E-state index contributed by atoms with van der Waals surface area (Å²) >= 11 is 1.69. The summed E-state index contributed by atoms with van der Waals surface area (Å²) in [6.07, 6.45) is 5.42. The monoisotopic (exact) mass is 468 g/mol. The second-order valence-corrected chi connectivity index (χ2v) is 5.93. The van der Waals surface area contributed by atoms with Crippen molar-refractivity contribution >= 4 is 41.3 Å². The van der Waals surface area contributed by atoms with Gasteiger partial charge in [0.1, 0.15) is 0 Å². The lowest BCUT2D eigenvalue weighted by Gasteiger charge is -2.11. The molecule has 25 heavy (non-hydrogen) atoms. The van der Waals surface area contributed by atoms with Crippen molar-refractivity contribution in [3.8, 4) is 5.82 Å². The van der Waals surface area contributed by atoms with E-state index in [1.54, 1.807) is 28.4 Å². The number of nitrogens with one attached hydrogen (secondary N) is 2. The number of rotatable bonds is 6. The minimum atomic E-state index is 0. The molecule has 0 saturated carbocycles. The molecule has 3 aromatic heterocycles. The van der Waals surface area contributed by atoms with Gasteiger partial charge in [0.05, 0.1) is 6.54 Å². The first-order valence-electron chi connectivity index (χ1n) is 7.83. The van der Waals surface area contributed by atoms with E-state index in [1.807, 2.05) is 24.4 Å². The average Bonchev–Trinajstić information content (AvgIpc) is 3.31. The second-order valence-electron chi connectivity index (χ2n) is 5.15. The molecule has 3 rings (SSSR count). The van der Waals surface area contributed by atoms with Gasteiger partial charge in [0, 0.05) is 31.7 Å². The summed E-state index contributed by atoms with van der Waals surface area (Å²) in [6, 6.07) is 7.98. The molecule has 132 valence electrons. The molecule has 0 bridgehead atoms. The van der Waals surface area contributed by atoms with Gasteiger partial charge in [-0.2, -0.15) is 16.4 Å². The Hall–Kier alpha value is -1.94. The maximum absolute atomic E-state index is 4.61. The largest absolute Gasteiger partial charge is 0.357 e. The zero-order valence-electron chi connectivity index (χ0n) is 13.9. The quantitative estimate of drug-likeness (QED) is 0.331. The zero-order valence-corrected chi connectivity index (χ0v) is 17.1. The van der Waals surface area contributed by atoms with Gasteiger partial charge in [0.15, 0.2) is 11.8 Å². The van der Waals surface area contributed by atoms with Gasteiger partial charge in [-0.25, -0.2) is 14.7 Å². The lowest BCUT2D eigenvalue weighted by Crippen LogP contribution is -2.36. The van der Waals surface area contributed by atoms with Crippen molar-refractivity contribution in [1.82, 2.24) is 25.4 Å². The van der Waals surface area contributed by atoms with Gasteiger partial charge < -0.3 is 10.6 Å². The highest BCUT2D eigenvalue weighted by atomic mass is 127. The Bertz CT molecular complexity index is 770. The Morgan fingerprint density at radius 2 is 2.16 bits per heavy atom. The standard InChI is InChI=1S/C17H20N6S.HI/c1-2-18-17(21-12-15-5-9-24-13-15)20-11-14-4-7-19-16(10-14)23-8-3-6-22-23;/h3-10,13H,2,11-12H2,1H3,(H2,18,20,21);1H. The minimum absolute atomic E-state index is 0. The fourth-order valence-corrected chi connectivity index (χ4v) is 2.84. The first-order chi connectivity index (χ1) is 11.8. The first kappa shape index (κ1) is 19.4. The number of hydrogen-bond acceptors (Lipinski definition) is 4. The van der Waals surface area contributed by atoms with Crippen molar-refractivity contribution < 1.29 is 0 Å². The molecule has 0 aliphatic heterocycles. The normalized spacial score (nSPS) is 11.0. The predicted molar refractivity (Wildman–Crippen MR) is 113 cm³/mol. The molecule has 3 aromatic rings. The Kier molecular flexibility index (Phi) is 7.86. The third kappa shape index (κ3) is 5.82. The summed E-state index contributed by atoms with van der Waals surface area (Å²) in [5.74, 6) is 1.61. The Morgan fingerprint density at radius 1 is 1.24 bits per heavy atom. The molecule has 0 saturated heterocycles. The van der Waals surface area contributed by atoms with E-state index in [4.69, 9.17) is 0 Å². The Labute approximate surface area is 168 Å². The number of aliphatic imine (C=N–C) groups is 1. The molecule has 0 aliphatic rings. The summed E-state index contributed by atoms with van der Waals surface area (Å²) in [5.41, 5.74) is 2.35. The lowest BCUT2D eigenvalue weighted by molar-refractivity contribution is 0.805. The maximum Gasteiger partial charge on any atom is 0.191 e. The van der Waals surface area contributed by atoms with Crippen molar-refractivity contribution in [1.29, 1.82) is 0 Å². The lowest BCUT2D eigenvalue weighted by atomic mass is 10.2. The molecule has 0 aliphatic carbocycles. The fraction of sp³-hybridized carbons (Fsp3) is 0.235. The number of halogens is 1. The third-order valence-corrected chi connectivity index (χ3v) is 4.09. The molecule has 0 spiro atoms. The topological polar surface area (TPSA) is 67.1 Å². The number of nitrogens with zero attached hydrogens (tertiary/aromatic N) is 4. The Morgan fingerprint density at radius 3 is 2.88 bits per heavy atom. The van der Waals surface area contributed by atoms with E-state index < -0.39 is 0 Å². The van der Waals surface area contributed by atoms with Crippen LogP contribution in [0.4, 0.5) is 0 Å². The number of guanidine groups is 1. The predicted octanol–water partition coefficient (Wildman–Crippen LogP) is 3.20. The SMILES string of the molecule is CCNC(=NCc1ccsc1)NCc1ccnc(-n2cccn2)c1.I. The first-order valence-corrected chi connectivity index (χ1v) is 8.77. The van der Waals surface area contributed by atoms with Crippen molar-refractivity contribution in [2.75, 3.05) is 6.54 Å². The summed E-state index contributed by atoms with van der Waals surface area (Å²) in [4.78, 5) is 8.95. The molecule has 8 heteroatoms. The third-order valence-electron chi connectivity index (χ3n) is 3.35. The van der Waals surface area contributed by atoms with Crippen molar-refractivity contribution in [2.24, 2.45) is 4.99 Å². The smallest absolute Gasteiger partial charge is 0.191 e. The second kappa shape index (κ2) is 10.1. The van der Waals surface area contributed by atoms with E-state index in [0.717, 1.165) is 23.9 Å². The molecule has 2 N–H and O–H groups in total. The minimum Gasteiger partial charge on any atom is -0.357 e. The van der Waals surface area contributed by atoms with Gasteiger partial charge in [-0.05, 0) is 53.1 Å². The summed E-state index contributed by atoms with van der Waals surface area (Å²) in [7, 11) is 0. The van der Waals surface area contributed by atoms with Crippen LogP contribution in [-0.4, -0.2) is 27.3 Å².